The van der Waals surface area contributed by atoms with Gasteiger partial charge in [-0.25, -0.2) is 0 Å². The third-order valence-electron chi connectivity index (χ3n) is 3.96. The molecule has 1 unspecified atom stereocenters. The zero-order valence-corrected chi connectivity index (χ0v) is 12.5. The molecule has 1 aromatic rings. The summed E-state index contributed by atoms with van der Waals surface area (Å²) < 4.78 is 5.69. The van der Waals surface area contributed by atoms with E-state index in [0.29, 0.717) is 0 Å². The molecule has 1 fully saturated rings. The van der Waals surface area contributed by atoms with Crippen molar-refractivity contribution in [3.05, 3.63) is 23.5 Å². The summed E-state index contributed by atoms with van der Waals surface area (Å²) in [4.78, 5) is 6.85. The standard InChI is InChI=1S/C15H25N3O/c1-12-8-14(13(9-16-3)10-17-12)18-7-5-6-15(2,11-18)19-4/h8,10,16H,5-7,9,11H2,1-4H3. The van der Waals surface area contributed by atoms with Crippen molar-refractivity contribution in [3.63, 3.8) is 0 Å². The quantitative estimate of drug-likeness (QED) is 0.903. The first-order chi connectivity index (χ1) is 9.08. The van der Waals surface area contributed by atoms with Crippen molar-refractivity contribution in [3.8, 4) is 0 Å². The van der Waals surface area contributed by atoms with Crippen molar-refractivity contribution in [2.24, 2.45) is 0 Å². The van der Waals surface area contributed by atoms with Gasteiger partial charge < -0.3 is 15.0 Å². The normalized spacial score (nSPS) is 23.7. The Kier molecular flexibility index (Phi) is 4.42. The van der Waals surface area contributed by atoms with Crippen molar-refractivity contribution in [1.82, 2.24) is 10.3 Å². The van der Waals surface area contributed by atoms with E-state index in [1.165, 1.54) is 17.7 Å². The molecule has 19 heavy (non-hydrogen) atoms. The molecule has 1 aromatic heterocycles. The minimum Gasteiger partial charge on any atom is -0.377 e. The Hall–Kier alpha value is -1.13. The number of nitrogens with zero attached hydrogens (tertiary/aromatic N) is 2. The van der Waals surface area contributed by atoms with Crippen molar-refractivity contribution < 1.29 is 4.74 Å². The van der Waals surface area contributed by atoms with Gasteiger partial charge >= 0.3 is 0 Å². The first-order valence-electron chi connectivity index (χ1n) is 6.98. The summed E-state index contributed by atoms with van der Waals surface area (Å²) in [5.74, 6) is 0. The molecule has 1 saturated heterocycles. The van der Waals surface area contributed by atoms with Gasteiger partial charge in [-0.15, -0.1) is 0 Å². The molecule has 2 rings (SSSR count). The highest BCUT2D eigenvalue weighted by molar-refractivity contribution is 5.54. The number of hydrogen-bond donors (Lipinski definition) is 1. The van der Waals surface area contributed by atoms with Crippen LogP contribution in [0.15, 0.2) is 12.3 Å². The van der Waals surface area contributed by atoms with E-state index in [9.17, 15) is 0 Å². The molecule has 0 aromatic carbocycles. The van der Waals surface area contributed by atoms with Gasteiger partial charge in [-0.3, -0.25) is 4.98 Å². The maximum atomic E-state index is 5.69. The number of methoxy groups -OCH3 is 1. The lowest BCUT2D eigenvalue weighted by Crippen LogP contribution is -2.47. The van der Waals surface area contributed by atoms with Gasteiger partial charge in [0.25, 0.3) is 0 Å². The van der Waals surface area contributed by atoms with Gasteiger partial charge in [0.2, 0.25) is 0 Å². The summed E-state index contributed by atoms with van der Waals surface area (Å²) in [5, 5.41) is 3.22. The van der Waals surface area contributed by atoms with E-state index in [4.69, 9.17) is 4.74 Å². The van der Waals surface area contributed by atoms with E-state index in [-0.39, 0.29) is 5.60 Å². The van der Waals surface area contributed by atoms with Crippen LogP contribution in [0.4, 0.5) is 5.69 Å². The molecule has 1 aliphatic rings. The number of rotatable bonds is 4. The van der Waals surface area contributed by atoms with Gasteiger partial charge in [-0.05, 0) is 39.8 Å². The van der Waals surface area contributed by atoms with Crippen LogP contribution in [0.3, 0.4) is 0 Å². The number of hydrogen-bond acceptors (Lipinski definition) is 4. The van der Waals surface area contributed by atoms with Crippen molar-refractivity contribution in [1.29, 1.82) is 0 Å². The van der Waals surface area contributed by atoms with E-state index >= 15 is 0 Å². The van der Waals surface area contributed by atoms with Crippen LogP contribution >= 0.6 is 0 Å². The number of aryl methyl sites for hydroxylation is 1. The van der Waals surface area contributed by atoms with E-state index in [0.717, 1.165) is 31.7 Å². The van der Waals surface area contributed by atoms with Crippen LogP contribution in [-0.4, -0.2) is 37.8 Å². The fourth-order valence-corrected chi connectivity index (χ4v) is 2.77. The molecule has 0 saturated carbocycles. The number of ether oxygens (including phenoxy) is 1. The lowest BCUT2D eigenvalue weighted by atomic mass is 9.94. The van der Waals surface area contributed by atoms with E-state index in [1.54, 1.807) is 0 Å². The predicted molar refractivity (Wildman–Crippen MR) is 78.6 cm³/mol. The van der Waals surface area contributed by atoms with Gasteiger partial charge in [0, 0.05) is 49.9 Å². The van der Waals surface area contributed by atoms with Gasteiger partial charge in [-0.1, -0.05) is 0 Å². The van der Waals surface area contributed by atoms with E-state index in [1.807, 2.05) is 27.3 Å². The molecular formula is C15H25N3O. The van der Waals surface area contributed by atoms with Gasteiger partial charge in [0.1, 0.15) is 0 Å². The summed E-state index contributed by atoms with van der Waals surface area (Å²) >= 11 is 0. The molecule has 4 nitrogen and oxygen atoms in total. The third kappa shape index (κ3) is 3.25. The molecule has 0 amide bonds. The van der Waals surface area contributed by atoms with Crippen LogP contribution in [0.1, 0.15) is 31.0 Å². The van der Waals surface area contributed by atoms with E-state index < -0.39 is 0 Å². The van der Waals surface area contributed by atoms with Gasteiger partial charge in [-0.2, -0.15) is 0 Å². The van der Waals surface area contributed by atoms with Gasteiger partial charge in [0.15, 0.2) is 0 Å². The lowest BCUT2D eigenvalue weighted by molar-refractivity contribution is -0.00469. The number of anilines is 1. The van der Waals surface area contributed by atoms with Crippen LogP contribution in [-0.2, 0) is 11.3 Å². The maximum absolute atomic E-state index is 5.69. The summed E-state index contributed by atoms with van der Waals surface area (Å²) in [6, 6.07) is 2.19. The molecule has 0 aliphatic carbocycles. The summed E-state index contributed by atoms with van der Waals surface area (Å²) in [5.41, 5.74) is 3.59. The molecule has 1 atom stereocenters. The summed E-state index contributed by atoms with van der Waals surface area (Å²) in [7, 11) is 3.79. The van der Waals surface area contributed by atoms with E-state index in [2.05, 4.69) is 28.2 Å². The first kappa shape index (κ1) is 14.3. The predicted octanol–water partition coefficient (Wildman–Crippen LogP) is 2.11. The SMILES string of the molecule is CNCc1cnc(C)cc1N1CCCC(C)(OC)C1. The number of aromatic nitrogens is 1. The Balaban J connectivity index is 2.27. The molecule has 2 heterocycles. The fourth-order valence-electron chi connectivity index (χ4n) is 2.77. The molecule has 0 spiro atoms. The monoisotopic (exact) mass is 263 g/mol. The van der Waals surface area contributed by atoms with Crippen LogP contribution in [0.2, 0.25) is 0 Å². The Morgan fingerprint density at radius 2 is 2.32 bits per heavy atom. The van der Waals surface area contributed by atoms with Crippen LogP contribution in [0.5, 0.6) is 0 Å². The summed E-state index contributed by atoms with van der Waals surface area (Å²) in [6.45, 7) is 7.14. The number of piperidine rings is 1. The Labute approximate surface area is 116 Å². The number of nitrogens with one attached hydrogen (secondary N) is 1. The lowest BCUT2D eigenvalue weighted by Gasteiger charge is -2.41. The second-order valence-corrected chi connectivity index (χ2v) is 5.66. The highest BCUT2D eigenvalue weighted by Gasteiger charge is 2.31. The van der Waals surface area contributed by atoms with Crippen molar-refractivity contribution in [2.75, 3.05) is 32.1 Å². The first-order valence-corrected chi connectivity index (χ1v) is 6.98. The average molecular weight is 263 g/mol. The Bertz CT molecular complexity index is 435. The maximum Gasteiger partial charge on any atom is 0.0825 e. The highest BCUT2D eigenvalue weighted by Crippen LogP contribution is 2.30. The second kappa shape index (κ2) is 5.88. The topological polar surface area (TPSA) is 37.4 Å². The minimum atomic E-state index is -0.0354. The highest BCUT2D eigenvalue weighted by atomic mass is 16.5. The second-order valence-electron chi connectivity index (χ2n) is 5.66. The third-order valence-corrected chi connectivity index (χ3v) is 3.96. The van der Waals surface area contributed by atoms with Crippen LogP contribution in [0, 0.1) is 6.92 Å². The molecule has 1 aliphatic heterocycles. The fraction of sp³-hybridized carbons (Fsp3) is 0.667. The largest absolute Gasteiger partial charge is 0.377 e. The molecule has 1 N–H and O–H groups in total. The minimum absolute atomic E-state index is 0.0354. The molecule has 0 bridgehead atoms. The number of pyridine rings is 1. The zero-order chi connectivity index (χ0) is 13.9. The molecule has 106 valence electrons. The average Bonchev–Trinajstić information content (AvgIpc) is 2.41. The van der Waals surface area contributed by atoms with Crippen molar-refractivity contribution >= 4 is 5.69 Å². The van der Waals surface area contributed by atoms with Crippen LogP contribution < -0.4 is 10.2 Å². The smallest absolute Gasteiger partial charge is 0.0825 e. The Morgan fingerprint density at radius 3 is 3.00 bits per heavy atom. The van der Waals surface area contributed by atoms with Crippen molar-refractivity contribution in [2.45, 2.75) is 38.8 Å². The molecular weight excluding hydrogens is 238 g/mol. The van der Waals surface area contributed by atoms with Crippen LogP contribution in [0.25, 0.3) is 0 Å². The summed E-state index contributed by atoms with van der Waals surface area (Å²) in [6.07, 6.45) is 4.29. The molecule has 0 radical (unpaired) electrons. The molecule has 4 heteroatoms. The Morgan fingerprint density at radius 1 is 1.53 bits per heavy atom. The zero-order valence-electron chi connectivity index (χ0n) is 12.5. The van der Waals surface area contributed by atoms with Gasteiger partial charge in [0.05, 0.1) is 5.60 Å².